The minimum atomic E-state index is -0.590. The van der Waals surface area contributed by atoms with Crippen LogP contribution in [-0.2, 0) is 19.1 Å². The third-order valence-electron chi connectivity index (χ3n) is 1.98. The lowest BCUT2D eigenvalue weighted by atomic mass is 10.4. The Kier molecular flexibility index (Phi) is 4.51. The molecule has 1 rings (SSSR count). The molecule has 2 unspecified atom stereocenters. The molecule has 15 heavy (non-hydrogen) atoms. The Bertz CT molecular complexity index is 220. The zero-order chi connectivity index (χ0) is 11.3. The van der Waals surface area contributed by atoms with E-state index in [1.54, 1.807) is 13.8 Å². The van der Waals surface area contributed by atoms with Crippen LogP contribution < -0.4 is 10.6 Å². The van der Waals surface area contributed by atoms with Crippen LogP contribution in [0.4, 0.5) is 0 Å². The first-order chi connectivity index (χ1) is 7.17. The van der Waals surface area contributed by atoms with Crippen molar-refractivity contribution in [2.45, 2.75) is 39.1 Å². The van der Waals surface area contributed by atoms with Crippen molar-refractivity contribution < 1.29 is 19.1 Å². The molecule has 6 heteroatoms. The summed E-state index contributed by atoms with van der Waals surface area (Å²) in [5.74, 6) is -0.650. The van der Waals surface area contributed by atoms with Crippen LogP contribution in [-0.4, -0.2) is 31.1 Å². The van der Waals surface area contributed by atoms with Crippen molar-refractivity contribution in [1.29, 1.82) is 0 Å². The predicted octanol–water partition coefficient (Wildman–Crippen LogP) is -0.305. The first kappa shape index (κ1) is 11.9. The summed E-state index contributed by atoms with van der Waals surface area (Å²) in [6.07, 6.45) is -0.583. The maximum Gasteiger partial charge on any atom is 0.307 e. The first-order valence-corrected chi connectivity index (χ1v) is 5.03. The van der Waals surface area contributed by atoms with Gasteiger partial charge < -0.3 is 9.47 Å². The highest BCUT2D eigenvalue weighted by Gasteiger charge is 2.32. The van der Waals surface area contributed by atoms with Gasteiger partial charge in [0.2, 0.25) is 12.5 Å². The number of carbonyl (C=O) groups is 2. The fraction of sp³-hybridized carbons (Fsp3) is 0.778. The number of esters is 2. The van der Waals surface area contributed by atoms with Crippen LogP contribution in [0.1, 0.15) is 26.7 Å². The van der Waals surface area contributed by atoms with Crippen molar-refractivity contribution in [3.05, 3.63) is 0 Å². The standard InChI is InChI=1S/C9H16N2O4/c1-3-6(12)14-8-9(11-5-10-8)15-7(13)4-2/h8-11H,3-5H2,1-2H3. The van der Waals surface area contributed by atoms with Gasteiger partial charge >= 0.3 is 11.9 Å². The molecule has 1 saturated heterocycles. The van der Waals surface area contributed by atoms with Crippen molar-refractivity contribution in [1.82, 2.24) is 10.6 Å². The van der Waals surface area contributed by atoms with Gasteiger partial charge in [0.1, 0.15) is 0 Å². The lowest BCUT2D eigenvalue weighted by Gasteiger charge is -2.19. The van der Waals surface area contributed by atoms with Crippen LogP contribution >= 0.6 is 0 Å². The van der Waals surface area contributed by atoms with Crippen LogP contribution in [0.5, 0.6) is 0 Å². The minimum Gasteiger partial charge on any atom is -0.441 e. The summed E-state index contributed by atoms with van der Waals surface area (Å²) in [6, 6.07) is 0. The number of ether oxygens (including phenoxy) is 2. The molecule has 2 atom stereocenters. The molecule has 1 heterocycles. The SMILES string of the molecule is CCC(=O)OC1NCNC1OC(=O)CC. The van der Waals surface area contributed by atoms with Gasteiger partial charge in [-0.05, 0) is 0 Å². The highest BCUT2D eigenvalue weighted by Crippen LogP contribution is 2.06. The average Bonchev–Trinajstić information content (AvgIpc) is 2.65. The van der Waals surface area contributed by atoms with Crippen LogP contribution in [0, 0.1) is 0 Å². The Labute approximate surface area is 88.3 Å². The summed E-state index contributed by atoms with van der Waals surface area (Å²) >= 11 is 0. The van der Waals surface area contributed by atoms with Gasteiger partial charge in [-0.2, -0.15) is 0 Å². The van der Waals surface area contributed by atoms with Crippen LogP contribution in [0.2, 0.25) is 0 Å². The Balaban J connectivity index is 2.42. The summed E-state index contributed by atoms with van der Waals surface area (Å²) < 4.78 is 10.1. The molecule has 0 aromatic rings. The smallest absolute Gasteiger partial charge is 0.307 e. The number of hydrogen-bond acceptors (Lipinski definition) is 6. The second-order valence-electron chi connectivity index (χ2n) is 3.11. The summed E-state index contributed by atoms with van der Waals surface area (Å²) in [7, 11) is 0. The Morgan fingerprint density at radius 3 is 1.80 bits per heavy atom. The van der Waals surface area contributed by atoms with Gasteiger partial charge in [-0.1, -0.05) is 13.8 Å². The van der Waals surface area contributed by atoms with E-state index in [4.69, 9.17) is 9.47 Å². The molecule has 0 amide bonds. The van der Waals surface area contributed by atoms with E-state index in [0.717, 1.165) is 0 Å². The second kappa shape index (κ2) is 5.67. The van der Waals surface area contributed by atoms with Gasteiger partial charge in [-0.15, -0.1) is 0 Å². The Morgan fingerprint density at radius 2 is 1.47 bits per heavy atom. The van der Waals surface area contributed by atoms with Crippen molar-refractivity contribution in [2.24, 2.45) is 0 Å². The summed E-state index contributed by atoms with van der Waals surface area (Å²) in [5, 5.41) is 5.74. The number of hydrogen-bond donors (Lipinski definition) is 2. The normalized spacial score (nSPS) is 24.9. The van der Waals surface area contributed by atoms with Crippen LogP contribution in [0.15, 0.2) is 0 Å². The van der Waals surface area contributed by atoms with Gasteiger partial charge in [-0.25, -0.2) is 0 Å². The van der Waals surface area contributed by atoms with Crippen molar-refractivity contribution in [3.8, 4) is 0 Å². The molecule has 0 aliphatic carbocycles. The van der Waals surface area contributed by atoms with Crippen LogP contribution in [0.3, 0.4) is 0 Å². The van der Waals surface area contributed by atoms with E-state index in [1.165, 1.54) is 0 Å². The van der Waals surface area contributed by atoms with Crippen molar-refractivity contribution in [2.75, 3.05) is 6.67 Å². The molecule has 1 aliphatic rings. The molecule has 1 fully saturated rings. The molecule has 0 bridgehead atoms. The number of carbonyl (C=O) groups excluding carboxylic acids is 2. The van der Waals surface area contributed by atoms with E-state index >= 15 is 0 Å². The van der Waals surface area contributed by atoms with E-state index in [0.29, 0.717) is 19.5 Å². The lowest BCUT2D eigenvalue weighted by Crippen LogP contribution is -2.40. The average molecular weight is 216 g/mol. The van der Waals surface area contributed by atoms with Gasteiger partial charge in [0, 0.05) is 12.8 Å². The maximum absolute atomic E-state index is 11.0. The number of rotatable bonds is 4. The quantitative estimate of drug-likeness (QED) is 0.628. The highest BCUT2D eigenvalue weighted by atomic mass is 16.6. The van der Waals surface area contributed by atoms with E-state index in [-0.39, 0.29) is 11.9 Å². The third-order valence-corrected chi connectivity index (χ3v) is 1.98. The Hall–Kier alpha value is -1.14. The van der Waals surface area contributed by atoms with Gasteiger partial charge in [-0.3, -0.25) is 20.2 Å². The molecule has 0 aromatic heterocycles. The molecular formula is C9H16N2O4. The second-order valence-corrected chi connectivity index (χ2v) is 3.11. The molecule has 0 spiro atoms. The molecule has 1 aliphatic heterocycles. The predicted molar refractivity (Wildman–Crippen MR) is 51.5 cm³/mol. The topological polar surface area (TPSA) is 76.7 Å². The van der Waals surface area contributed by atoms with E-state index in [9.17, 15) is 9.59 Å². The van der Waals surface area contributed by atoms with Crippen molar-refractivity contribution in [3.63, 3.8) is 0 Å². The molecule has 6 nitrogen and oxygen atoms in total. The largest absolute Gasteiger partial charge is 0.441 e. The fourth-order valence-electron chi connectivity index (χ4n) is 1.13. The van der Waals surface area contributed by atoms with Gasteiger partial charge in [0.15, 0.2) is 0 Å². The molecule has 2 N–H and O–H groups in total. The monoisotopic (exact) mass is 216 g/mol. The fourth-order valence-corrected chi connectivity index (χ4v) is 1.13. The Morgan fingerprint density at radius 1 is 1.07 bits per heavy atom. The molecule has 0 saturated carbocycles. The maximum atomic E-state index is 11.0. The highest BCUT2D eigenvalue weighted by molar-refractivity contribution is 5.70. The minimum absolute atomic E-state index is 0.298. The zero-order valence-corrected chi connectivity index (χ0v) is 8.91. The summed E-state index contributed by atoms with van der Waals surface area (Å²) in [4.78, 5) is 22.1. The molecule has 0 aromatic carbocycles. The molecular weight excluding hydrogens is 200 g/mol. The van der Waals surface area contributed by atoms with E-state index in [1.807, 2.05) is 0 Å². The third kappa shape index (κ3) is 3.49. The van der Waals surface area contributed by atoms with E-state index in [2.05, 4.69) is 10.6 Å². The van der Waals surface area contributed by atoms with E-state index < -0.39 is 12.5 Å². The van der Waals surface area contributed by atoms with Crippen molar-refractivity contribution >= 4 is 11.9 Å². The first-order valence-electron chi connectivity index (χ1n) is 5.03. The zero-order valence-electron chi connectivity index (χ0n) is 8.91. The van der Waals surface area contributed by atoms with Gasteiger partial charge in [0.25, 0.3) is 0 Å². The summed E-state index contributed by atoms with van der Waals surface area (Å²) in [5.41, 5.74) is 0. The molecule has 86 valence electrons. The molecule has 0 radical (unpaired) electrons. The lowest BCUT2D eigenvalue weighted by molar-refractivity contribution is -0.167. The number of nitrogens with one attached hydrogen (secondary N) is 2. The van der Waals surface area contributed by atoms with Crippen LogP contribution in [0.25, 0.3) is 0 Å². The van der Waals surface area contributed by atoms with Gasteiger partial charge in [0.05, 0.1) is 6.67 Å². The summed E-state index contributed by atoms with van der Waals surface area (Å²) in [6.45, 7) is 3.86.